The number of benzene rings is 2. The van der Waals surface area contributed by atoms with Crippen molar-refractivity contribution in [3.05, 3.63) is 63.7 Å². The molecule has 21 heavy (non-hydrogen) atoms. The molecule has 5 nitrogen and oxygen atoms in total. The van der Waals surface area contributed by atoms with Crippen LogP contribution in [0.4, 0.5) is 17.1 Å². The molecule has 5 heteroatoms. The summed E-state index contributed by atoms with van der Waals surface area (Å²) in [5, 5.41) is 10.9. The number of anilines is 2. The standard InChI is InChI=1S/C16H16N2O3/c1-11-6-4-5-7-15(11)17(3)16-9-8-13(18(20)21)10-14(16)12(2)19/h4-10H,1-3H3. The van der Waals surface area contributed by atoms with Crippen molar-refractivity contribution in [3.8, 4) is 0 Å². The minimum atomic E-state index is -0.496. The van der Waals surface area contributed by atoms with Gasteiger partial charge in [-0.15, -0.1) is 0 Å². The third-order valence-electron chi connectivity index (χ3n) is 3.41. The van der Waals surface area contributed by atoms with E-state index in [1.807, 2.05) is 43.1 Å². The molecule has 0 unspecified atom stereocenters. The lowest BCUT2D eigenvalue weighted by atomic mass is 10.1. The summed E-state index contributed by atoms with van der Waals surface area (Å²) < 4.78 is 0. The molecule has 0 amide bonds. The van der Waals surface area contributed by atoms with Crippen molar-refractivity contribution in [1.82, 2.24) is 0 Å². The van der Waals surface area contributed by atoms with Crippen LogP contribution in [0, 0.1) is 17.0 Å². The zero-order valence-corrected chi connectivity index (χ0v) is 12.2. The molecule has 0 heterocycles. The number of hydrogen-bond donors (Lipinski definition) is 0. The van der Waals surface area contributed by atoms with Crippen LogP contribution < -0.4 is 4.90 Å². The zero-order chi connectivity index (χ0) is 15.6. The molecule has 0 aromatic heterocycles. The maximum Gasteiger partial charge on any atom is 0.270 e. The predicted molar refractivity (Wildman–Crippen MR) is 82.3 cm³/mol. The van der Waals surface area contributed by atoms with E-state index in [1.54, 1.807) is 6.07 Å². The predicted octanol–water partition coefficient (Wildman–Crippen LogP) is 3.87. The van der Waals surface area contributed by atoms with Crippen molar-refractivity contribution >= 4 is 22.8 Å². The van der Waals surface area contributed by atoms with Gasteiger partial charge in [-0.3, -0.25) is 14.9 Å². The van der Waals surface area contributed by atoms with Crippen molar-refractivity contribution in [2.24, 2.45) is 0 Å². The van der Waals surface area contributed by atoms with Crippen molar-refractivity contribution in [2.75, 3.05) is 11.9 Å². The molecule has 0 bridgehead atoms. The van der Waals surface area contributed by atoms with Gasteiger partial charge in [0.1, 0.15) is 0 Å². The lowest BCUT2D eigenvalue weighted by molar-refractivity contribution is -0.384. The Morgan fingerprint density at radius 3 is 2.38 bits per heavy atom. The molecule has 0 aliphatic carbocycles. The summed E-state index contributed by atoms with van der Waals surface area (Å²) in [6.07, 6.45) is 0. The maximum absolute atomic E-state index is 11.8. The van der Waals surface area contributed by atoms with Gasteiger partial charge in [0, 0.05) is 30.4 Å². The van der Waals surface area contributed by atoms with Gasteiger partial charge in [-0.1, -0.05) is 18.2 Å². The second-order valence-electron chi connectivity index (χ2n) is 4.86. The van der Waals surface area contributed by atoms with Crippen LogP contribution >= 0.6 is 0 Å². The molecule has 0 aliphatic heterocycles. The first-order valence-electron chi connectivity index (χ1n) is 6.50. The Bertz CT molecular complexity index is 710. The summed E-state index contributed by atoms with van der Waals surface area (Å²) in [7, 11) is 1.84. The highest BCUT2D eigenvalue weighted by Gasteiger charge is 2.17. The smallest absolute Gasteiger partial charge is 0.270 e. The average molecular weight is 284 g/mol. The monoisotopic (exact) mass is 284 g/mol. The van der Waals surface area contributed by atoms with Crippen LogP contribution in [0.2, 0.25) is 0 Å². The molecule has 2 aromatic rings. The van der Waals surface area contributed by atoms with Crippen LogP contribution in [0.3, 0.4) is 0 Å². The van der Waals surface area contributed by atoms with Gasteiger partial charge in [-0.05, 0) is 31.5 Å². The highest BCUT2D eigenvalue weighted by atomic mass is 16.6. The third-order valence-corrected chi connectivity index (χ3v) is 3.41. The number of ketones is 1. The summed E-state index contributed by atoms with van der Waals surface area (Å²) in [6.45, 7) is 3.39. The third kappa shape index (κ3) is 2.91. The maximum atomic E-state index is 11.8. The van der Waals surface area contributed by atoms with Crippen LogP contribution in [0.1, 0.15) is 22.8 Å². The SMILES string of the molecule is CC(=O)c1cc([N+](=O)[O-])ccc1N(C)c1ccccc1C. The molecule has 0 fully saturated rings. The summed E-state index contributed by atoms with van der Waals surface area (Å²) in [4.78, 5) is 24.0. The Morgan fingerprint density at radius 2 is 1.81 bits per heavy atom. The van der Waals surface area contributed by atoms with Crippen LogP contribution in [0.5, 0.6) is 0 Å². The normalized spacial score (nSPS) is 10.2. The van der Waals surface area contributed by atoms with Crippen LogP contribution in [0.15, 0.2) is 42.5 Å². The average Bonchev–Trinajstić information content (AvgIpc) is 2.46. The molecule has 108 valence electrons. The first-order valence-corrected chi connectivity index (χ1v) is 6.50. The number of aryl methyl sites for hydroxylation is 1. The molecule has 0 radical (unpaired) electrons. The minimum absolute atomic E-state index is 0.0814. The Morgan fingerprint density at radius 1 is 1.14 bits per heavy atom. The number of carbonyl (C=O) groups excluding carboxylic acids is 1. The van der Waals surface area contributed by atoms with E-state index in [0.29, 0.717) is 11.3 Å². The highest BCUT2D eigenvalue weighted by molar-refractivity contribution is 6.01. The first-order chi connectivity index (χ1) is 9.91. The second-order valence-corrected chi connectivity index (χ2v) is 4.86. The van der Waals surface area contributed by atoms with Gasteiger partial charge < -0.3 is 4.90 Å². The largest absolute Gasteiger partial charge is 0.344 e. The van der Waals surface area contributed by atoms with E-state index in [2.05, 4.69) is 0 Å². The molecular formula is C16H16N2O3. The molecular weight excluding hydrogens is 268 g/mol. The highest BCUT2D eigenvalue weighted by Crippen LogP contribution is 2.31. The molecule has 0 atom stereocenters. The van der Waals surface area contributed by atoms with Gasteiger partial charge >= 0.3 is 0 Å². The number of Topliss-reactive ketones (excluding diaryl/α,β-unsaturated/α-hetero) is 1. The van der Waals surface area contributed by atoms with Crippen LogP contribution in [0.25, 0.3) is 0 Å². The summed E-state index contributed by atoms with van der Waals surface area (Å²) in [6, 6.07) is 12.1. The van der Waals surface area contributed by atoms with Gasteiger partial charge in [0.25, 0.3) is 5.69 Å². The molecule has 0 spiro atoms. The van der Waals surface area contributed by atoms with Gasteiger partial charge in [0.05, 0.1) is 10.6 Å². The van der Waals surface area contributed by atoms with E-state index in [-0.39, 0.29) is 11.5 Å². The lowest BCUT2D eigenvalue weighted by Gasteiger charge is -2.23. The topological polar surface area (TPSA) is 63.4 Å². The molecule has 0 saturated heterocycles. The molecule has 0 N–H and O–H groups in total. The van der Waals surface area contributed by atoms with Crippen molar-refractivity contribution in [1.29, 1.82) is 0 Å². The number of rotatable bonds is 4. The lowest BCUT2D eigenvalue weighted by Crippen LogP contribution is -2.14. The number of carbonyl (C=O) groups is 1. The van der Waals surface area contributed by atoms with Crippen molar-refractivity contribution < 1.29 is 9.72 Å². The second kappa shape index (κ2) is 5.75. The van der Waals surface area contributed by atoms with E-state index >= 15 is 0 Å². The Kier molecular flexibility index (Phi) is 4.03. The summed E-state index contributed by atoms with van der Waals surface area (Å²) in [5.74, 6) is -0.200. The first kappa shape index (κ1) is 14.7. The fraction of sp³-hybridized carbons (Fsp3) is 0.188. The van der Waals surface area contributed by atoms with Gasteiger partial charge in [0.2, 0.25) is 0 Å². The quantitative estimate of drug-likeness (QED) is 0.485. The Labute approximate surface area is 123 Å². The van der Waals surface area contributed by atoms with E-state index in [0.717, 1.165) is 11.3 Å². The molecule has 0 saturated carbocycles. The number of nitrogens with zero attached hydrogens (tertiary/aromatic N) is 2. The number of nitro benzene ring substituents is 1. The number of nitro groups is 1. The Balaban J connectivity index is 2.55. The number of hydrogen-bond acceptors (Lipinski definition) is 4. The van der Waals surface area contributed by atoms with E-state index < -0.39 is 4.92 Å². The van der Waals surface area contributed by atoms with Crippen LogP contribution in [-0.4, -0.2) is 17.8 Å². The minimum Gasteiger partial charge on any atom is -0.344 e. The van der Waals surface area contributed by atoms with E-state index in [1.165, 1.54) is 19.1 Å². The fourth-order valence-corrected chi connectivity index (χ4v) is 2.28. The number of para-hydroxylation sites is 1. The van der Waals surface area contributed by atoms with Crippen LogP contribution in [-0.2, 0) is 0 Å². The Hall–Kier alpha value is -2.69. The van der Waals surface area contributed by atoms with Crippen molar-refractivity contribution in [2.45, 2.75) is 13.8 Å². The molecule has 0 aliphatic rings. The van der Waals surface area contributed by atoms with E-state index in [4.69, 9.17) is 0 Å². The van der Waals surface area contributed by atoms with Gasteiger partial charge in [-0.2, -0.15) is 0 Å². The number of non-ortho nitro benzene ring substituents is 1. The molecule has 2 aromatic carbocycles. The van der Waals surface area contributed by atoms with Gasteiger partial charge in [0.15, 0.2) is 5.78 Å². The van der Waals surface area contributed by atoms with E-state index in [9.17, 15) is 14.9 Å². The fourth-order valence-electron chi connectivity index (χ4n) is 2.28. The summed E-state index contributed by atoms with van der Waals surface area (Å²) in [5.41, 5.74) is 2.93. The summed E-state index contributed by atoms with van der Waals surface area (Å²) >= 11 is 0. The zero-order valence-electron chi connectivity index (χ0n) is 12.2. The molecule has 2 rings (SSSR count). The van der Waals surface area contributed by atoms with Crippen molar-refractivity contribution in [3.63, 3.8) is 0 Å². The van der Waals surface area contributed by atoms with Gasteiger partial charge in [-0.25, -0.2) is 0 Å².